The van der Waals surface area contributed by atoms with Gasteiger partial charge in [-0.25, -0.2) is 0 Å². The maximum Gasteiger partial charge on any atom is 0.191 e. The Bertz CT molecular complexity index is 609. The van der Waals surface area contributed by atoms with Crippen molar-refractivity contribution >= 4 is 29.9 Å². The number of aryl methyl sites for hydroxylation is 2. The Morgan fingerprint density at radius 2 is 2.27 bits per heavy atom. The van der Waals surface area contributed by atoms with Crippen molar-refractivity contribution in [2.24, 2.45) is 12.0 Å². The van der Waals surface area contributed by atoms with Crippen LogP contribution in [0.25, 0.3) is 0 Å². The third-order valence-electron chi connectivity index (χ3n) is 2.90. The molecule has 8 nitrogen and oxygen atoms in total. The van der Waals surface area contributed by atoms with Gasteiger partial charge in [0.15, 0.2) is 11.7 Å². The summed E-state index contributed by atoms with van der Waals surface area (Å²) >= 11 is 0. The monoisotopic (exact) mass is 420 g/mol. The number of hydrogen-bond acceptors (Lipinski definition) is 5. The van der Waals surface area contributed by atoms with E-state index in [1.165, 1.54) is 0 Å². The van der Waals surface area contributed by atoms with Crippen LogP contribution in [0.4, 0.5) is 0 Å². The SMILES string of the molecule is CN=C(NCc1cc(C)no1)NCC(O)c1cnn(C)c1.I. The van der Waals surface area contributed by atoms with Crippen molar-refractivity contribution in [2.45, 2.75) is 19.6 Å². The predicted octanol–water partition coefficient (Wildman–Crippen LogP) is 0.733. The van der Waals surface area contributed by atoms with Crippen LogP contribution in [0, 0.1) is 6.92 Å². The molecule has 0 radical (unpaired) electrons. The normalized spacial score (nSPS) is 12.6. The fourth-order valence-corrected chi connectivity index (χ4v) is 1.81. The van der Waals surface area contributed by atoms with Crippen molar-refractivity contribution < 1.29 is 9.63 Å². The van der Waals surface area contributed by atoms with Crippen molar-refractivity contribution in [3.8, 4) is 0 Å². The summed E-state index contributed by atoms with van der Waals surface area (Å²) in [5.41, 5.74) is 1.59. The van der Waals surface area contributed by atoms with Gasteiger partial charge in [0.1, 0.15) is 0 Å². The van der Waals surface area contributed by atoms with Crippen LogP contribution in [0.2, 0.25) is 0 Å². The minimum absolute atomic E-state index is 0. The van der Waals surface area contributed by atoms with Crippen LogP contribution in [-0.4, -0.2) is 39.6 Å². The van der Waals surface area contributed by atoms with E-state index in [1.54, 1.807) is 24.1 Å². The maximum absolute atomic E-state index is 10.0. The summed E-state index contributed by atoms with van der Waals surface area (Å²) in [6.07, 6.45) is 2.77. The zero-order valence-corrected chi connectivity index (χ0v) is 15.1. The summed E-state index contributed by atoms with van der Waals surface area (Å²) in [6.45, 7) is 2.68. The van der Waals surface area contributed by atoms with Crippen molar-refractivity contribution in [3.05, 3.63) is 35.5 Å². The Morgan fingerprint density at radius 3 is 2.82 bits per heavy atom. The molecule has 2 heterocycles. The van der Waals surface area contributed by atoms with Gasteiger partial charge < -0.3 is 20.3 Å². The summed E-state index contributed by atoms with van der Waals surface area (Å²) in [7, 11) is 3.47. The van der Waals surface area contributed by atoms with E-state index in [4.69, 9.17) is 4.52 Å². The highest BCUT2D eigenvalue weighted by molar-refractivity contribution is 14.0. The lowest BCUT2D eigenvalue weighted by atomic mass is 10.2. The van der Waals surface area contributed by atoms with E-state index in [2.05, 4.69) is 25.9 Å². The second kappa shape index (κ2) is 8.73. The predicted molar refractivity (Wildman–Crippen MR) is 93.0 cm³/mol. The molecular weight excluding hydrogens is 399 g/mol. The molecule has 0 saturated carbocycles. The van der Waals surface area contributed by atoms with Gasteiger partial charge in [0.25, 0.3) is 0 Å². The number of halogens is 1. The van der Waals surface area contributed by atoms with Crippen molar-refractivity contribution in [1.82, 2.24) is 25.6 Å². The molecule has 3 N–H and O–H groups in total. The Hall–Kier alpha value is -1.62. The molecule has 1 atom stereocenters. The number of hydrogen-bond donors (Lipinski definition) is 3. The Morgan fingerprint density at radius 1 is 1.50 bits per heavy atom. The molecule has 22 heavy (non-hydrogen) atoms. The van der Waals surface area contributed by atoms with E-state index in [0.29, 0.717) is 19.0 Å². The molecule has 0 amide bonds. The quantitative estimate of drug-likeness (QED) is 0.375. The number of guanidine groups is 1. The third-order valence-corrected chi connectivity index (χ3v) is 2.90. The fourth-order valence-electron chi connectivity index (χ4n) is 1.81. The standard InChI is InChI=1S/C13H20N6O2.HI/c1-9-4-11(21-18-9)6-15-13(14-2)16-7-12(20)10-5-17-19(3)8-10;/h4-5,8,12,20H,6-7H2,1-3H3,(H2,14,15,16);1H. The summed E-state index contributed by atoms with van der Waals surface area (Å²) < 4.78 is 6.75. The van der Waals surface area contributed by atoms with Crippen molar-refractivity contribution in [3.63, 3.8) is 0 Å². The Labute approximate surface area is 146 Å². The topological polar surface area (TPSA) is 100 Å². The molecule has 0 spiro atoms. The molecule has 122 valence electrons. The first-order chi connectivity index (χ1) is 10.1. The first-order valence-corrected chi connectivity index (χ1v) is 6.62. The van der Waals surface area contributed by atoms with Crippen LogP contribution in [-0.2, 0) is 13.6 Å². The van der Waals surface area contributed by atoms with Crippen LogP contribution >= 0.6 is 24.0 Å². The second-order valence-electron chi connectivity index (χ2n) is 4.70. The van der Waals surface area contributed by atoms with Crippen LogP contribution in [0.15, 0.2) is 28.0 Å². The van der Waals surface area contributed by atoms with E-state index in [0.717, 1.165) is 17.0 Å². The number of nitrogens with one attached hydrogen (secondary N) is 2. The first-order valence-electron chi connectivity index (χ1n) is 6.62. The lowest BCUT2D eigenvalue weighted by Gasteiger charge is -2.13. The lowest BCUT2D eigenvalue weighted by molar-refractivity contribution is 0.180. The van der Waals surface area contributed by atoms with Crippen LogP contribution in [0.3, 0.4) is 0 Å². The lowest BCUT2D eigenvalue weighted by Crippen LogP contribution is -2.38. The highest BCUT2D eigenvalue weighted by Crippen LogP contribution is 2.09. The minimum atomic E-state index is -0.648. The molecule has 0 aliphatic carbocycles. The number of aliphatic imine (C=N–C) groups is 1. The van der Waals surface area contributed by atoms with Crippen LogP contribution < -0.4 is 10.6 Å². The highest BCUT2D eigenvalue weighted by Gasteiger charge is 2.10. The van der Waals surface area contributed by atoms with E-state index < -0.39 is 6.10 Å². The second-order valence-corrected chi connectivity index (χ2v) is 4.70. The number of aromatic nitrogens is 3. The van der Waals surface area contributed by atoms with Crippen LogP contribution in [0.1, 0.15) is 23.1 Å². The van der Waals surface area contributed by atoms with E-state index in [9.17, 15) is 5.11 Å². The number of rotatable bonds is 5. The molecule has 0 fully saturated rings. The van der Waals surface area contributed by atoms with Gasteiger partial charge in [-0.3, -0.25) is 9.67 Å². The van der Waals surface area contributed by atoms with Crippen molar-refractivity contribution in [2.75, 3.05) is 13.6 Å². The van der Waals surface area contributed by atoms with E-state index >= 15 is 0 Å². The van der Waals surface area contributed by atoms with Gasteiger partial charge in [-0.2, -0.15) is 5.10 Å². The van der Waals surface area contributed by atoms with Gasteiger partial charge in [-0.1, -0.05) is 5.16 Å². The number of aliphatic hydroxyl groups excluding tert-OH is 1. The molecule has 0 saturated heterocycles. The van der Waals surface area contributed by atoms with Gasteiger partial charge in [-0.05, 0) is 6.92 Å². The van der Waals surface area contributed by atoms with Gasteiger partial charge in [-0.15, -0.1) is 24.0 Å². The van der Waals surface area contributed by atoms with E-state index in [-0.39, 0.29) is 24.0 Å². The zero-order chi connectivity index (χ0) is 15.2. The number of aliphatic hydroxyl groups is 1. The number of nitrogens with zero attached hydrogens (tertiary/aromatic N) is 4. The maximum atomic E-state index is 10.0. The smallest absolute Gasteiger partial charge is 0.191 e. The molecule has 2 aromatic heterocycles. The fraction of sp³-hybridized carbons (Fsp3) is 0.462. The molecule has 0 aromatic carbocycles. The highest BCUT2D eigenvalue weighted by atomic mass is 127. The van der Waals surface area contributed by atoms with Gasteiger partial charge >= 0.3 is 0 Å². The summed E-state index contributed by atoms with van der Waals surface area (Å²) in [5, 5.41) is 24.0. The molecule has 0 bridgehead atoms. The van der Waals surface area contributed by atoms with Crippen molar-refractivity contribution in [1.29, 1.82) is 0 Å². The third kappa shape index (κ3) is 5.30. The Balaban J connectivity index is 0.00000242. The molecule has 2 rings (SSSR count). The average molecular weight is 420 g/mol. The average Bonchev–Trinajstić information content (AvgIpc) is 3.07. The van der Waals surface area contributed by atoms with E-state index in [1.807, 2.05) is 20.0 Å². The molecular formula is C13H21IN6O2. The largest absolute Gasteiger partial charge is 0.386 e. The first kappa shape index (κ1) is 18.4. The molecule has 0 aliphatic heterocycles. The van der Waals surface area contributed by atoms with Crippen LogP contribution in [0.5, 0.6) is 0 Å². The van der Waals surface area contributed by atoms with Gasteiger partial charge in [0, 0.05) is 38.5 Å². The molecule has 9 heteroatoms. The zero-order valence-electron chi connectivity index (χ0n) is 12.8. The van der Waals surface area contributed by atoms with Gasteiger partial charge in [0.2, 0.25) is 0 Å². The summed E-state index contributed by atoms with van der Waals surface area (Å²) in [4.78, 5) is 4.08. The molecule has 1 unspecified atom stereocenters. The summed E-state index contributed by atoms with van der Waals surface area (Å²) in [6, 6.07) is 1.85. The Kier molecular flexibility index (Phi) is 7.32. The minimum Gasteiger partial charge on any atom is -0.386 e. The molecule has 2 aromatic rings. The molecule has 0 aliphatic rings. The van der Waals surface area contributed by atoms with Gasteiger partial charge in [0.05, 0.1) is 24.5 Å². The summed E-state index contributed by atoms with van der Waals surface area (Å²) in [5.74, 6) is 1.30.